The topological polar surface area (TPSA) is 62.3 Å². The molecule has 5 nitrogen and oxygen atoms in total. The van der Waals surface area contributed by atoms with Crippen molar-refractivity contribution in [2.45, 2.75) is 20.4 Å². The predicted octanol–water partition coefficient (Wildman–Crippen LogP) is 1.08. The molecule has 90 valence electrons. The second-order valence-corrected chi connectivity index (χ2v) is 4.38. The van der Waals surface area contributed by atoms with Gasteiger partial charge in [0.1, 0.15) is 0 Å². The van der Waals surface area contributed by atoms with Gasteiger partial charge in [-0.15, -0.1) is 0 Å². The first-order valence-corrected chi connectivity index (χ1v) is 5.57. The van der Waals surface area contributed by atoms with Crippen molar-refractivity contribution in [1.82, 2.24) is 15.2 Å². The molecule has 1 fully saturated rings. The van der Waals surface area contributed by atoms with Crippen LogP contribution >= 0.6 is 0 Å². The van der Waals surface area contributed by atoms with E-state index in [0.29, 0.717) is 13.1 Å². The minimum absolute atomic E-state index is 0.161. The Hall–Kier alpha value is -1.91. The maximum atomic E-state index is 11.6. The van der Waals surface area contributed by atoms with Crippen molar-refractivity contribution >= 4 is 11.9 Å². The largest absolute Gasteiger partial charge is 0.324 e. The number of imide groups is 1. The predicted molar refractivity (Wildman–Crippen MR) is 62.1 cm³/mol. The Morgan fingerprint density at radius 3 is 2.88 bits per heavy atom. The minimum atomic E-state index is -0.325. The van der Waals surface area contributed by atoms with Crippen molar-refractivity contribution in [1.29, 1.82) is 0 Å². The standard InChI is InChI=1S/C12H15N3O2/c1-8-6-15(12(17)14-11(8)16)7-10-4-3-9(2)13-5-10/h3-5,8H,6-7H2,1-2H3,(H,14,16,17). The molecule has 1 unspecified atom stereocenters. The molecule has 0 saturated carbocycles. The second-order valence-electron chi connectivity index (χ2n) is 4.38. The van der Waals surface area contributed by atoms with Crippen LogP contribution in [0.3, 0.4) is 0 Å². The van der Waals surface area contributed by atoms with Crippen LogP contribution in [0.15, 0.2) is 18.3 Å². The van der Waals surface area contributed by atoms with Crippen molar-refractivity contribution < 1.29 is 9.59 Å². The Morgan fingerprint density at radius 2 is 2.24 bits per heavy atom. The summed E-state index contributed by atoms with van der Waals surface area (Å²) >= 11 is 0. The number of aromatic nitrogens is 1. The number of hydrogen-bond acceptors (Lipinski definition) is 3. The van der Waals surface area contributed by atoms with E-state index in [1.54, 1.807) is 11.1 Å². The fourth-order valence-electron chi connectivity index (χ4n) is 1.75. The third-order valence-electron chi connectivity index (χ3n) is 2.81. The molecule has 1 aromatic rings. The van der Waals surface area contributed by atoms with Crippen LogP contribution in [0, 0.1) is 12.8 Å². The molecule has 1 atom stereocenters. The lowest BCUT2D eigenvalue weighted by atomic mass is 10.1. The molecule has 1 N–H and O–H groups in total. The number of nitrogens with one attached hydrogen (secondary N) is 1. The number of aryl methyl sites for hydroxylation is 1. The molecule has 1 aliphatic heterocycles. The smallest absolute Gasteiger partial charge is 0.319 e. The van der Waals surface area contributed by atoms with E-state index in [-0.39, 0.29) is 17.9 Å². The SMILES string of the molecule is Cc1ccc(CN2CC(C)C(=O)NC2=O)cn1. The summed E-state index contributed by atoms with van der Waals surface area (Å²) in [5, 5.41) is 2.34. The highest BCUT2D eigenvalue weighted by Gasteiger charge is 2.28. The van der Waals surface area contributed by atoms with Gasteiger partial charge < -0.3 is 4.90 Å². The molecule has 0 bridgehead atoms. The van der Waals surface area contributed by atoms with Gasteiger partial charge in [0.25, 0.3) is 0 Å². The van der Waals surface area contributed by atoms with Crippen molar-refractivity contribution in [3.63, 3.8) is 0 Å². The lowest BCUT2D eigenvalue weighted by molar-refractivity contribution is -0.125. The number of nitrogens with zero attached hydrogens (tertiary/aromatic N) is 2. The Bertz CT molecular complexity index is 442. The van der Waals surface area contributed by atoms with Crippen LogP contribution in [0.1, 0.15) is 18.2 Å². The fourth-order valence-corrected chi connectivity index (χ4v) is 1.75. The number of carbonyl (C=O) groups excluding carboxylic acids is 2. The van der Waals surface area contributed by atoms with E-state index in [0.717, 1.165) is 11.3 Å². The molecule has 1 aliphatic rings. The first-order valence-electron chi connectivity index (χ1n) is 5.57. The molecule has 17 heavy (non-hydrogen) atoms. The summed E-state index contributed by atoms with van der Waals surface area (Å²) in [6, 6.07) is 3.52. The number of rotatable bonds is 2. The van der Waals surface area contributed by atoms with E-state index < -0.39 is 0 Å². The highest BCUT2D eigenvalue weighted by molar-refractivity contribution is 5.97. The van der Waals surface area contributed by atoms with Crippen LogP contribution < -0.4 is 5.32 Å². The zero-order valence-corrected chi connectivity index (χ0v) is 9.93. The molecule has 0 radical (unpaired) electrons. The van der Waals surface area contributed by atoms with Gasteiger partial charge >= 0.3 is 6.03 Å². The summed E-state index contributed by atoms with van der Waals surface area (Å²) in [7, 11) is 0. The maximum Gasteiger partial charge on any atom is 0.324 e. The van der Waals surface area contributed by atoms with Gasteiger partial charge in [0.2, 0.25) is 5.91 Å². The summed E-state index contributed by atoms with van der Waals surface area (Å²) in [6.07, 6.45) is 1.75. The summed E-state index contributed by atoms with van der Waals surface area (Å²) in [5.74, 6) is -0.362. The Morgan fingerprint density at radius 1 is 1.47 bits per heavy atom. The minimum Gasteiger partial charge on any atom is -0.319 e. The van der Waals surface area contributed by atoms with Crippen LogP contribution in [0.2, 0.25) is 0 Å². The van der Waals surface area contributed by atoms with Crippen molar-refractivity contribution in [2.75, 3.05) is 6.54 Å². The number of urea groups is 1. The van der Waals surface area contributed by atoms with E-state index >= 15 is 0 Å². The molecule has 5 heteroatoms. The van der Waals surface area contributed by atoms with Crippen LogP contribution in [-0.2, 0) is 11.3 Å². The van der Waals surface area contributed by atoms with E-state index in [9.17, 15) is 9.59 Å². The molecule has 2 heterocycles. The third kappa shape index (κ3) is 2.61. The normalized spacial score (nSPS) is 20.4. The van der Waals surface area contributed by atoms with Crippen LogP contribution in [-0.4, -0.2) is 28.4 Å². The quantitative estimate of drug-likeness (QED) is 0.831. The van der Waals surface area contributed by atoms with Gasteiger partial charge in [0.05, 0.1) is 5.92 Å². The highest BCUT2D eigenvalue weighted by atomic mass is 16.2. The van der Waals surface area contributed by atoms with Gasteiger partial charge in [-0.05, 0) is 18.6 Å². The number of amides is 3. The van der Waals surface area contributed by atoms with E-state index in [1.165, 1.54) is 0 Å². The number of hydrogen-bond donors (Lipinski definition) is 1. The van der Waals surface area contributed by atoms with Gasteiger partial charge in [-0.2, -0.15) is 0 Å². The number of pyridine rings is 1. The molecular formula is C12H15N3O2. The number of carbonyl (C=O) groups is 2. The average Bonchev–Trinajstić information content (AvgIpc) is 2.29. The van der Waals surface area contributed by atoms with Crippen LogP contribution in [0.4, 0.5) is 4.79 Å². The molecular weight excluding hydrogens is 218 g/mol. The molecule has 0 spiro atoms. The maximum absolute atomic E-state index is 11.6. The molecule has 0 aromatic carbocycles. The summed E-state index contributed by atoms with van der Waals surface area (Å²) in [5.41, 5.74) is 1.91. The van der Waals surface area contributed by atoms with Gasteiger partial charge in [0, 0.05) is 25.0 Å². The Labute approximate surface area is 99.8 Å². The third-order valence-corrected chi connectivity index (χ3v) is 2.81. The Kier molecular flexibility index (Phi) is 3.08. The van der Waals surface area contributed by atoms with E-state index in [1.807, 2.05) is 26.0 Å². The molecule has 3 amide bonds. The van der Waals surface area contributed by atoms with Crippen LogP contribution in [0.25, 0.3) is 0 Å². The zero-order valence-electron chi connectivity index (χ0n) is 9.93. The lowest BCUT2D eigenvalue weighted by Crippen LogP contribution is -2.53. The van der Waals surface area contributed by atoms with E-state index in [4.69, 9.17) is 0 Å². The molecule has 1 aromatic heterocycles. The van der Waals surface area contributed by atoms with Gasteiger partial charge in [-0.3, -0.25) is 15.1 Å². The fraction of sp³-hybridized carbons (Fsp3) is 0.417. The summed E-state index contributed by atoms with van der Waals surface area (Å²) < 4.78 is 0. The summed E-state index contributed by atoms with van der Waals surface area (Å²) in [4.78, 5) is 28.7. The first kappa shape index (κ1) is 11.6. The Balaban J connectivity index is 2.06. The molecule has 1 saturated heterocycles. The van der Waals surface area contributed by atoms with Gasteiger partial charge in [-0.25, -0.2) is 4.79 Å². The van der Waals surface area contributed by atoms with Gasteiger partial charge in [-0.1, -0.05) is 13.0 Å². The summed E-state index contributed by atoms with van der Waals surface area (Å²) in [6.45, 7) is 4.66. The molecule has 2 rings (SSSR count). The highest BCUT2D eigenvalue weighted by Crippen LogP contribution is 2.11. The van der Waals surface area contributed by atoms with Crippen molar-refractivity contribution in [2.24, 2.45) is 5.92 Å². The molecule has 0 aliphatic carbocycles. The van der Waals surface area contributed by atoms with Gasteiger partial charge in [0.15, 0.2) is 0 Å². The first-order chi connectivity index (χ1) is 8.06. The van der Waals surface area contributed by atoms with Crippen molar-refractivity contribution in [3.05, 3.63) is 29.6 Å². The van der Waals surface area contributed by atoms with E-state index in [2.05, 4.69) is 10.3 Å². The van der Waals surface area contributed by atoms with Crippen LogP contribution in [0.5, 0.6) is 0 Å². The average molecular weight is 233 g/mol. The lowest BCUT2D eigenvalue weighted by Gasteiger charge is -2.30. The second kappa shape index (κ2) is 4.53. The zero-order chi connectivity index (χ0) is 12.4. The van der Waals surface area contributed by atoms with Crippen molar-refractivity contribution in [3.8, 4) is 0 Å². The monoisotopic (exact) mass is 233 g/mol.